The summed E-state index contributed by atoms with van der Waals surface area (Å²) in [7, 11) is 1.77. The number of aliphatic imine (C=N–C) groups is 1. The molecule has 0 aromatic heterocycles. The van der Waals surface area contributed by atoms with E-state index in [-0.39, 0.29) is 0 Å². The van der Waals surface area contributed by atoms with Crippen molar-refractivity contribution in [2.75, 3.05) is 40.0 Å². The van der Waals surface area contributed by atoms with Crippen LogP contribution in [0.15, 0.2) is 23.2 Å². The normalized spacial score (nSPS) is 14.3. The van der Waals surface area contributed by atoms with E-state index in [9.17, 15) is 0 Å². The number of hydrogen-bond acceptors (Lipinski definition) is 4. The highest BCUT2D eigenvalue weighted by molar-refractivity contribution is 5.79. The Morgan fingerprint density at radius 2 is 1.96 bits per heavy atom. The van der Waals surface area contributed by atoms with Crippen molar-refractivity contribution in [2.24, 2.45) is 10.9 Å². The molecule has 0 bridgehead atoms. The van der Waals surface area contributed by atoms with Crippen LogP contribution >= 0.6 is 0 Å². The largest absolute Gasteiger partial charge is 0.490 e. The topological polar surface area (TPSA) is 64.1 Å². The van der Waals surface area contributed by atoms with Gasteiger partial charge in [-0.3, -0.25) is 4.99 Å². The van der Waals surface area contributed by atoms with Gasteiger partial charge in [0.05, 0.1) is 19.8 Å². The van der Waals surface area contributed by atoms with E-state index in [0.717, 1.165) is 49.0 Å². The molecule has 0 amide bonds. The van der Waals surface area contributed by atoms with Gasteiger partial charge in [-0.2, -0.15) is 0 Å². The van der Waals surface area contributed by atoms with Gasteiger partial charge in [0.15, 0.2) is 17.5 Å². The number of ether oxygens (including phenoxy) is 3. The highest BCUT2D eigenvalue weighted by atomic mass is 16.5. The Bertz CT molecular complexity index is 547. The second kappa shape index (κ2) is 10.8. The predicted molar refractivity (Wildman–Crippen MR) is 101 cm³/mol. The van der Waals surface area contributed by atoms with Crippen LogP contribution in [0.3, 0.4) is 0 Å². The fourth-order valence-corrected chi connectivity index (χ4v) is 2.39. The summed E-state index contributed by atoms with van der Waals surface area (Å²) in [6.07, 6.45) is 2.01. The molecule has 0 fully saturated rings. The van der Waals surface area contributed by atoms with Crippen molar-refractivity contribution in [3.63, 3.8) is 0 Å². The van der Waals surface area contributed by atoms with Gasteiger partial charge in [-0.25, -0.2) is 0 Å². The fraction of sp³-hybridized carbons (Fsp3) is 0.632. The van der Waals surface area contributed by atoms with Crippen molar-refractivity contribution in [3.05, 3.63) is 23.8 Å². The van der Waals surface area contributed by atoms with Crippen LogP contribution in [0.25, 0.3) is 0 Å². The highest BCUT2D eigenvalue weighted by Gasteiger charge is 2.10. The van der Waals surface area contributed by atoms with E-state index in [1.54, 1.807) is 7.05 Å². The van der Waals surface area contributed by atoms with E-state index in [4.69, 9.17) is 14.2 Å². The van der Waals surface area contributed by atoms with Crippen molar-refractivity contribution in [2.45, 2.75) is 33.2 Å². The van der Waals surface area contributed by atoms with Crippen LogP contribution in [0.2, 0.25) is 0 Å². The number of fused-ring (bicyclic) bond motifs is 1. The molecule has 1 aliphatic heterocycles. The van der Waals surface area contributed by atoms with E-state index in [2.05, 4.69) is 29.5 Å². The number of nitrogens with zero attached hydrogens (tertiary/aromatic N) is 1. The van der Waals surface area contributed by atoms with Gasteiger partial charge in [0.1, 0.15) is 0 Å². The zero-order chi connectivity index (χ0) is 17.9. The first-order valence-corrected chi connectivity index (χ1v) is 9.10. The first-order chi connectivity index (χ1) is 12.2. The second-order valence-corrected chi connectivity index (χ2v) is 6.48. The lowest BCUT2D eigenvalue weighted by atomic mass is 10.1. The molecule has 6 nitrogen and oxygen atoms in total. The molecule has 1 aromatic rings. The Labute approximate surface area is 151 Å². The molecule has 0 unspecified atom stereocenters. The molecule has 6 heteroatoms. The zero-order valence-corrected chi connectivity index (χ0v) is 15.6. The van der Waals surface area contributed by atoms with Crippen molar-refractivity contribution in [3.8, 4) is 11.5 Å². The first kappa shape index (κ1) is 19.4. The molecule has 0 saturated carbocycles. The van der Waals surface area contributed by atoms with Crippen molar-refractivity contribution in [1.82, 2.24) is 10.6 Å². The minimum absolute atomic E-state index is 0.671. The molecule has 0 aliphatic carbocycles. The molecule has 0 radical (unpaired) electrons. The quantitative estimate of drug-likeness (QED) is 0.429. The zero-order valence-electron chi connectivity index (χ0n) is 15.6. The molecule has 1 heterocycles. The summed E-state index contributed by atoms with van der Waals surface area (Å²) in [5, 5.41) is 6.56. The van der Waals surface area contributed by atoms with Crippen molar-refractivity contribution in [1.29, 1.82) is 0 Å². The lowest BCUT2D eigenvalue weighted by Crippen LogP contribution is -2.38. The summed E-state index contributed by atoms with van der Waals surface area (Å²) in [6.45, 7) is 8.70. The van der Waals surface area contributed by atoms with Crippen LogP contribution < -0.4 is 20.1 Å². The van der Waals surface area contributed by atoms with Gasteiger partial charge >= 0.3 is 0 Å². The molecule has 2 N–H and O–H groups in total. The molecule has 2 rings (SSSR count). The SMILES string of the molecule is CN=C(NCCOCCC(C)C)NCc1ccc2c(c1)OCCCO2. The van der Waals surface area contributed by atoms with Gasteiger partial charge < -0.3 is 24.8 Å². The van der Waals surface area contributed by atoms with E-state index in [1.165, 1.54) is 0 Å². The maximum atomic E-state index is 5.73. The minimum Gasteiger partial charge on any atom is -0.490 e. The predicted octanol–water partition coefficient (Wildman–Crippen LogP) is 2.58. The lowest BCUT2D eigenvalue weighted by molar-refractivity contribution is 0.128. The number of hydrogen-bond donors (Lipinski definition) is 2. The van der Waals surface area contributed by atoms with Crippen LogP contribution in [-0.2, 0) is 11.3 Å². The van der Waals surface area contributed by atoms with Crippen LogP contribution in [0.1, 0.15) is 32.3 Å². The molecular weight excluding hydrogens is 318 g/mol. The summed E-state index contributed by atoms with van der Waals surface area (Å²) < 4.78 is 17.0. The maximum absolute atomic E-state index is 5.73. The smallest absolute Gasteiger partial charge is 0.191 e. The summed E-state index contributed by atoms with van der Waals surface area (Å²) in [5.41, 5.74) is 1.13. The number of guanidine groups is 1. The Balaban J connectivity index is 1.71. The Kier molecular flexibility index (Phi) is 8.39. The third-order valence-corrected chi connectivity index (χ3v) is 3.87. The van der Waals surface area contributed by atoms with E-state index in [0.29, 0.717) is 32.3 Å². The Morgan fingerprint density at radius 3 is 2.72 bits per heavy atom. The first-order valence-electron chi connectivity index (χ1n) is 9.10. The third kappa shape index (κ3) is 7.22. The molecule has 140 valence electrons. The molecule has 0 saturated heterocycles. The highest BCUT2D eigenvalue weighted by Crippen LogP contribution is 2.30. The van der Waals surface area contributed by atoms with Crippen LogP contribution in [0.4, 0.5) is 0 Å². The summed E-state index contributed by atoms with van der Waals surface area (Å²) in [4.78, 5) is 4.23. The fourth-order valence-electron chi connectivity index (χ4n) is 2.39. The van der Waals surface area contributed by atoms with E-state index >= 15 is 0 Å². The van der Waals surface area contributed by atoms with Gasteiger partial charge in [-0.15, -0.1) is 0 Å². The van der Waals surface area contributed by atoms with Gasteiger partial charge in [0.25, 0.3) is 0 Å². The van der Waals surface area contributed by atoms with Crippen LogP contribution in [0, 0.1) is 5.92 Å². The van der Waals surface area contributed by atoms with Gasteiger partial charge in [0.2, 0.25) is 0 Å². The number of rotatable bonds is 8. The summed E-state index contributed by atoms with van der Waals surface area (Å²) >= 11 is 0. The Hall–Kier alpha value is -1.95. The lowest BCUT2D eigenvalue weighted by Gasteiger charge is -2.14. The maximum Gasteiger partial charge on any atom is 0.191 e. The summed E-state index contributed by atoms with van der Waals surface area (Å²) in [5.74, 6) is 3.08. The number of benzene rings is 1. The van der Waals surface area contributed by atoms with Crippen LogP contribution in [-0.4, -0.2) is 46.0 Å². The van der Waals surface area contributed by atoms with E-state index < -0.39 is 0 Å². The summed E-state index contributed by atoms with van der Waals surface area (Å²) in [6, 6.07) is 6.04. The van der Waals surface area contributed by atoms with Gasteiger partial charge in [-0.05, 0) is 30.0 Å². The monoisotopic (exact) mass is 349 g/mol. The molecule has 25 heavy (non-hydrogen) atoms. The van der Waals surface area contributed by atoms with Crippen molar-refractivity contribution >= 4 is 5.96 Å². The molecule has 0 spiro atoms. The number of nitrogens with one attached hydrogen (secondary N) is 2. The van der Waals surface area contributed by atoms with Crippen molar-refractivity contribution < 1.29 is 14.2 Å². The average Bonchev–Trinajstić information content (AvgIpc) is 2.85. The third-order valence-electron chi connectivity index (χ3n) is 3.87. The molecule has 1 aliphatic rings. The average molecular weight is 349 g/mol. The Morgan fingerprint density at radius 1 is 1.16 bits per heavy atom. The minimum atomic E-state index is 0.671. The second-order valence-electron chi connectivity index (χ2n) is 6.48. The van der Waals surface area contributed by atoms with Gasteiger partial charge in [-0.1, -0.05) is 19.9 Å². The molecule has 1 aromatic carbocycles. The standard InChI is InChI=1S/C19H31N3O3/c1-15(2)7-11-23-12-8-21-19(20-3)22-14-16-5-6-17-18(13-16)25-10-4-9-24-17/h5-6,13,15H,4,7-12,14H2,1-3H3,(H2,20,21,22). The van der Waals surface area contributed by atoms with Crippen LogP contribution in [0.5, 0.6) is 11.5 Å². The van der Waals surface area contributed by atoms with Gasteiger partial charge in [0, 0.05) is 33.2 Å². The molecular formula is C19H31N3O3. The van der Waals surface area contributed by atoms with E-state index in [1.807, 2.05) is 18.2 Å². The molecule has 0 atom stereocenters.